The number of hydrogen-bond acceptors (Lipinski definition) is 6. The smallest absolute Gasteiger partial charge is 0.246 e. The molecule has 0 aliphatic carbocycles. The van der Waals surface area contributed by atoms with Crippen LogP contribution < -0.4 is 10.1 Å². The Balaban J connectivity index is 1.47. The van der Waals surface area contributed by atoms with Gasteiger partial charge >= 0.3 is 0 Å². The summed E-state index contributed by atoms with van der Waals surface area (Å²) in [6.45, 7) is 6.29. The van der Waals surface area contributed by atoms with E-state index in [1.54, 1.807) is 7.11 Å². The van der Waals surface area contributed by atoms with Gasteiger partial charge in [-0.1, -0.05) is 36.4 Å². The molecule has 0 spiro atoms. The summed E-state index contributed by atoms with van der Waals surface area (Å²) in [5, 5.41) is 5.89. The number of anilines is 1. The number of rotatable bonds is 7. The predicted molar refractivity (Wildman–Crippen MR) is 134 cm³/mol. The predicted octanol–water partition coefficient (Wildman–Crippen LogP) is 3.84. The van der Waals surface area contributed by atoms with Gasteiger partial charge in [0.2, 0.25) is 11.8 Å². The number of piperazine rings is 1. The van der Waals surface area contributed by atoms with E-state index in [1.165, 1.54) is 11.3 Å². The fraction of sp³-hybridized carbons (Fsp3) is 0.346. The second-order valence-electron chi connectivity index (χ2n) is 8.48. The molecule has 4 rings (SSSR count). The minimum absolute atomic E-state index is 0.0826. The molecule has 0 radical (unpaired) electrons. The number of carbonyl (C=O) groups excluding carboxylic acids is 2. The maximum Gasteiger partial charge on any atom is 0.246 e. The Morgan fingerprint density at radius 2 is 1.82 bits per heavy atom. The molecule has 178 valence electrons. The summed E-state index contributed by atoms with van der Waals surface area (Å²) in [5.41, 5.74) is 3.56. The van der Waals surface area contributed by atoms with Crippen LogP contribution in [0.5, 0.6) is 5.75 Å². The van der Waals surface area contributed by atoms with E-state index in [1.807, 2.05) is 72.7 Å². The van der Waals surface area contributed by atoms with Crippen LogP contribution in [0.1, 0.15) is 27.9 Å². The Labute approximate surface area is 204 Å². The molecule has 2 heterocycles. The number of carbonyl (C=O) groups is 2. The van der Waals surface area contributed by atoms with Gasteiger partial charge in [-0.25, -0.2) is 4.98 Å². The quantitative estimate of drug-likeness (QED) is 0.559. The van der Waals surface area contributed by atoms with E-state index in [-0.39, 0.29) is 11.8 Å². The van der Waals surface area contributed by atoms with Crippen molar-refractivity contribution in [1.29, 1.82) is 0 Å². The Morgan fingerprint density at radius 3 is 2.47 bits per heavy atom. The van der Waals surface area contributed by atoms with E-state index in [9.17, 15) is 9.59 Å². The van der Waals surface area contributed by atoms with Crippen molar-refractivity contribution in [3.05, 3.63) is 75.7 Å². The highest BCUT2D eigenvalue weighted by Gasteiger charge is 2.32. The van der Waals surface area contributed by atoms with E-state index < -0.39 is 6.04 Å². The summed E-state index contributed by atoms with van der Waals surface area (Å²) in [7, 11) is 1.60. The SMILES string of the molecule is COc1ccc(C)cc1NC(=O)C(c1ccccc1)N1CCN(C(=O)Cc2nc(C)cs2)CC1. The molecular weight excluding hydrogens is 448 g/mol. The zero-order valence-corrected chi connectivity index (χ0v) is 20.6. The summed E-state index contributed by atoms with van der Waals surface area (Å²) >= 11 is 1.52. The number of amides is 2. The van der Waals surface area contributed by atoms with Gasteiger partial charge in [0.1, 0.15) is 16.8 Å². The molecule has 1 fully saturated rings. The van der Waals surface area contributed by atoms with Gasteiger partial charge in [-0.15, -0.1) is 11.3 Å². The van der Waals surface area contributed by atoms with Crippen molar-refractivity contribution in [2.45, 2.75) is 26.3 Å². The molecule has 1 N–H and O–H groups in total. The lowest BCUT2D eigenvalue weighted by atomic mass is 10.0. The Kier molecular flexibility index (Phi) is 7.59. The minimum Gasteiger partial charge on any atom is -0.495 e. The standard InChI is InChI=1S/C26H30N4O3S/c1-18-9-10-22(33-3)21(15-18)28-26(32)25(20-7-5-4-6-8-20)30-13-11-29(12-14-30)24(31)16-23-27-19(2)17-34-23/h4-10,15,17,25H,11-14,16H2,1-3H3,(H,28,32). The normalized spacial score (nSPS) is 15.1. The van der Waals surface area contributed by atoms with E-state index >= 15 is 0 Å². The third-order valence-corrected chi connectivity index (χ3v) is 6.94. The molecule has 7 nitrogen and oxygen atoms in total. The molecule has 1 aliphatic heterocycles. The first-order valence-electron chi connectivity index (χ1n) is 11.4. The third-order valence-electron chi connectivity index (χ3n) is 5.98. The average molecular weight is 479 g/mol. The maximum atomic E-state index is 13.6. The van der Waals surface area contributed by atoms with Crippen molar-refractivity contribution in [2.24, 2.45) is 0 Å². The maximum absolute atomic E-state index is 13.6. The molecule has 1 aromatic heterocycles. The van der Waals surface area contributed by atoms with Gasteiger partial charge in [0.15, 0.2) is 0 Å². The molecule has 8 heteroatoms. The number of hydrogen-bond donors (Lipinski definition) is 1. The summed E-state index contributed by atoms with van der Waals surface area (Å²) in [4.78, 5) is 34.8. The number of aromatic nitrogens is 1. The van der Waals surface area contributed by atoms with Crippen molar-refractivity contribution < 1.29 is 14.3 Å². The van der Waals surface area contributed by atoms with E-state index in [0.717, 1.165) is 21.8 Å². The average Bonchev–Trinajstić information content (AvgIpc) is 3.25. The molecule has 0 bridgehead atoms. The van der Waals surface area contributed by atoms with Gasteiger partial charge < -0.3 is 15.0 Å². The second kappa shape index (κ2) is 10.8. The molecular formula is C26H30N4O3S. The van der Waals surface area contributed by atoms with Crippen molar-refractivity contribution >= 4 is 28.8 Å². The molecule has 0 saturated carbocycles. The van der Waals surface area contributed by atoms with Gasteiger partial charge in [-0.05, 0) is 37.1 Å². The van der Waals surface area contributed by atoms with Crippen LogP contribution in [0.25, 0.3) is 0 Å². The highest BCUT2D eigenvalue weighted by Crippen LogP contribution is 2.29. The minimum atomic E-state index is -0.467. The Morgan fingerprint density at radius 1 is 1.09 bits per heavy atom. The Bertz CT molecular complexity index is 1140. The molecule has 2 amide bonds. The van der Waals surface area contributed by atoms with Gasteiger partial charge in [0.25, 0.3) is 0 Å². The van der Waals surface area contributed by atoms with Crippen LogP contribution in [0.3, 0.4) is 0 Å². The molecule has 1 unspecified atom stereocenters. The largest absolute Gasteiger partial charge is 0.495 e. The molecule has 1 saturated heterocycles. The lowest BCUT2D eigenvalue weighted by Gasteiger charge is -2.38. The zero-order chi connectivity index (χ0) is 24.1. The van der Waals surface area contributed by atoms with Crippen LogP contribution >= 0.6 is 11.3 Å². The summed E-state index contributed by atoms with van der Waals surface area (Å²) < 4.78 is 5.45. The third kappa shape index (κ3) is 5.63. The first-order valence-corrected chi connectivity index (χ1v) is 12.3. The van der Waals surface area contributed by atoms with Gasteiger partial charge in [-0.3, -0.25) is 14.5 Å². The van der Waals surface area contributed by atoms with Crippen molar-refractivity contribution in [3.63, 3.8) is 0 Å². The van der Waals surface area contributed by atoms with Crippen molar-refractivity contribution in [2.75, 3.05) is 38.6 Å². The van der Waals surface area contributed by atoms with E-state index in [0.29, 0.717) is 44.0 Å². The number of ether oxygens (including phenoxy) is 1. The van der Waals surface area contributed by atoms with Gasteiger partial charge in [0, 0.05) is 37.3 Å². The van der Waals surface area contributed by atoms with Crippen LogP contribution in [-0.4, -0.2) is 59.9 Å². The molecule has 34 heavy (non-hydrogen) atoms. The van der Waals surface area contributed by atoms with Crippen LogP contribution in [0.4, 0.5) is 5.69 Å². The number of nitrogens with one attached hydrogen (secondary N) is 1. The first kappa shape index (κ1) is 23.9. The number of thiazole rings is 1. The fourth-order valence-electron chi connectivity index (χ4n) is 4.24. The second-order valence-corrected chi connectivity index (χ2v) is 9.43. The number of aryl methyl sites for hydroxylation is 2. The number of nitrogens with zero attached hydrogens (tertiary/aromatic N) is 3. The summed E-state index contributed by atoms with van der Waals surface area (Å²) in [5.74, 6) is 0.589. The lowest BCUT2D eigenvalue weighted by Crippen LogP contribution is -2.52. The van der Waals surface area contributed by atoms with E-state index in [2.05, 4.69) is 15.2 Å². The lowest BCUT2D eigenvalue weighted by molar-refractivity contribution is -0.133. The fourth-order valence-corrected chi connectivity index (χ4v) is 5.00. The van der Waals surface area contributed by atoms with Crippen molar-refractivity contribution in [3.8, 4) is 5.75 Å². The number of benzene rings is 2. The Hall–Kier alpha value is -3.23. The van der Waals surface area contributed by atoms with Crippen LogP contribution in [0.2, 0.25) is 0 Å². The summed E-state index contributed by atoms with van der Waals surface area (Å²) in [6.07, 6.45) is 0.328. The van der Waals surface area contributed by atoms with E-state index in [4.69, 9.17) is 4.74 Å². The monoisotopic (exact) mass is 478 g/mol. The van der Waals surface area contributed by atoms with Crippen LogP contribution in [0.15, 0.2) is 53.9 Å². The van der Waals surface area contributed by atoms with Gasteiger partial charge in [0.05, 0.1) is 19.2 Å². The van der Waals surface area contributed by atoms with Crippen molar-refractivity contribution in [1.82, 2.24) is 14.8 Å². The highest BCUT2D eigenvalue weighted by molar-refractivity contribution is 7.09. The van der Waals surface area contributed by atoms with Crippen LogP contribution in [0, 0.1) is 13.8 Å². The summed E-state index contributed by atoms with van der Waals surface area (Å²) in [6, 6.07) is 15.0. The molecule has 1 aliphatic rings. The molecule has 2 aromatic carbocycles. The first-order chi connectivity index (χ1) is 16.4. The topological polar surface area (TPSA) is 74.8 Å². The molecule has 1 atom stereocenters. The zero-order valence-electron chi connectivity index (χ0n) is 19.8. The highest BCUT2D eigenvalue weighted by atomic mass is 32.1. The van der Waals surface area contributed by atoms with Gasteiger partial charge in [-0.2, -0.15) is 0 Å². The molecule has 3 aromatic rings. The van der Waals surface area contributed by atoms with Crippen LogP contribution in [-0.2, 0) is 16.0 Å². The number of methoxy groups -OCH3 is 1.